The van der Waals surface area contributed by atoms with Crippen molar-refractivity contribution in [2.75, 3.05) is 17.4 Å². The van der Waals surface area contributed by atoms with Gasteiger partial charge in [0.05, 0.1) is 5.69 Å². The van der Waals surface area contributed by atoms with E-state index in [-0.39, 0.29) is 12.7 Å². The van der Waals surface area contributed by atoms with Crippen LogP contribution in [0, 0.1) is 6.92 Å². The average Bonchev–Trinajstić information content (AvgIpc) is 3.25. The van der Waals surface area contributed by atoms with Crippen LogP contribution in [0.4, 0.5) is 5.69 Å². The number of carbonyl (C=O) groups is 1. The highest BCUT2D eigenvalue weighted by Crippen LogP contribution is 2.34. The molecule has 27 heavy (non-hydrogen) atoms. The molecule has 2 aliphatic heterocycles. The molecule has 0 aromatic heterocycles. The Balaban J connectivity index is 1.68. The van der Waals surface area contributed by atoms with Crippen molar-refractivity contribution in [2.24, 2.45) is 4.99 Å². The van der Waals surface area contributed by atoms with Crippen LogP contribution >= 0.6 is 11.8 Å². The zero-order chi connectivity index (χ0) is 18.8. The zero-order valence-electron chi connectivity index (χ0n) is 14.8. The molecule has 0 atom stereocenters. The van der Waals surface area contributed by atoms with E-state index in [9.17, 15) is 4.79 Å². The maximum atomic E-state index is 13.1. The summed E-state index contributed by atoms with van der Waals surface area (Å²) in [6, 6.07) is 13.4. The zero-order valence-corrected chi connectivity index (χ0v) is 15.7. The number of amides is 1. The molecule has 2 aromatic carbocycles. The molecule has 1 amide bonds. The second kappa shape index (κ2) is 7.32. The Hall–Kier alpha value is -2.99. The lowest BCUT2D eigenvalue weighted by molar-refractivity contribution is -0.113. The van der Waals surface area contributed by atoms with Gasteiger partial charge in [-0.05, 0) is 42.8 Å². The predicted octanol–water partition coefficient (Wildman–Crippen LogP) is 4.39. The molecule has 2 aromatic rings. The SMILES string of the molecule is C=CCSC1=N/C(=C\c2ccc3c(c2)OCO3)C(=O)N1c1ccc(C)cc1. The number of fused-ring (bicyclic) bond motifs is 1. The van der Waals surface area contributed by atoms with Crippen LogP contribution in [0.2, 0.25) is 0 Å². The Labute approximate surface area is 162 Å². The maximum Gasteiger partial charge on any atom is 0.283 e. The lowest BCUT2D eigenvalue weighted by Crippen LogP contribution is -2.30. The van der Waals surface area contributed by atoms with Crippen molar-refractivity contribution in [2.45, 2.75) is 6.92 Å². The number of hydrogen-bond acceptors (Lipinski definition) is 5. The van der Waals surface area contributed by atoms with Crippen molar-refractivity contribution in [1.29, 1.82) is 0 Å². The largest absolute Gasteiger partial charge is 0.454 e. The highest BCUT2D eigenvalue weighted by Gasteiger charge is 2.31. The summed E-state index contributed by atoms with van der Waals surface area (Å²) in [5.74, 6) is 1.91. The molecule has 4 rings (SSSR count). The van der Waals surface area contributed by atoms with Gasteiger partial charge < -0.3 is 9.47 Å². The van der Waals surface area contributed by atoms with Gasteiger partial charge in [0.15, 0.2) is 16.7 Å². The fraction of sp³-hybridized carbons (Fsp3) is 0.143. The van der Waals surface area contributed by atoms with Crippen molar-refractivity contribution in [3.05, 3.63) is 71.9 Å². The molecule has 0 N–H and O–H groups in total. The molecule has 0 saturated heterocycles. The normalized spacial score (nSPS) is 16.8. The number of aryl methyl sites for hydroxylation is 1. The fourth-order valence-electron chi connectivity index (χ4n) is 2.81. The van der Waals surface area contributed by atoms with Gasteiger partial charge in [-0.25, -0.2) is 4.99 Å². The topological polar surface area (TPSA) is 51.1 Å². The molecule has 0 radical (unpaired) electrons. The van der Waals surface area contributed by atoms with Crippen LogP contribution < -0.4 is 14.4 Å². The molecule has 0 aliphatic carbocycles. The summed E-state index contributed by atoms with van der Waals surface area (Å²) < 4.78 is 10.7. The Bertz CT molecular complexity index is 964. The molecule has 136 valence electrons. The van der Waals surface area contributed by atoms with Crippen molar-refractivity contribution < 1.29 is 14.3 Å². The van der Waals surface area contributed by atoms with Gasteiger partial charge in [-0.2, -0.15) is 0 Å². The quantitative estimate of drug-likeness (QED) is 0.585. The number of ether oxygens (including phenoxy) is 2. The number of amidine groups is 1. The van der Waals surface area contributed by atoms with Gasteiger partial charge in [-0.3, -0.25) is 9.69 Å². The Morgan fingerprint density at radius 2 is 1.96 bits per heavy atom. The van der Waals surface area contributed by atoms with Gasteiger partial charge in [-0.15, -0.1) is 6.58 Å². The molecular formula is C21H18N2O3S. The summed E-state index contributed by atoms with van der Waals surface area (Å²) in [5, 5.41) is 0.649. The van der Waals surface area contributed by atoms with Crippen LogP contribution in [0.5, 0.6) is 11.5 Å². The number of rotatable bonds is 4. The monoisotopic (exact) mass is 378 g/mol. The first-order chi connectivity index (χ1) is 13.2. The Morgan fingerprint density at radius 1 is 1.19 bits per heavy atom. The summed E-state index contributed by atoms with van der Waals surface area (Å²) in [4.78, 5) is 19.3. The van der Waals surface area contributed by atoms with Gasteiger partial charge in [0.1, 0.15) is 5.70 Å². The number of hydrogen-bond donors (Lipinski definition) is 0. The molecule has 0 bridgehead atoms. The van der Waals surface area contributed by atoms with Crippen molar-refractivity contribution in [1.82, 2.24) is 0 Å². The summed E-state index contributed by atoms with van der Waals surface area (Å²) in [5.41, 5.74) is 3.17. The van der Waals surface area contributed by atoms with E-state index in [0.717, 1.165) is 16.8 Å². The van der Waals surface area contributed by atoms with Crippen molar-refractivity contribution in [3.8, 4) is 11.5 Å². The van der Waals surface area contributed by atoms with Crippen LogP contribution in [0.25, 0.3) is 6.08 Å². The molecule has 6 heteroatoms. The standard InChI is InChI=1S/C21H18N2O3S/c1-3-10-27-21-22-17(11-15-6-9-18-19(12-15)26-13-25-18)20(24)23(21)16-7-4-14(2)5-8-16/h3-9,11-12H,1,10,13H2,2H3/b17-11-. The first-order valence-corrected chi connectivity index (χ1v) is 9.49. The second-order valence-corrected chi connectivity index (χ2v) is 7.10. The minimum Gasteiger partial charge on any atom is -0.454 e. The highest BCUT2D eigenvalue weighted by molar-refractivity contribution is 8.14. The molecule has 2 aliphatic rings. The lowest BCUT2D eigenvalue weighted by atomic mass is 10.1. The van der Waals surface area contributed by atoms with E-state index in [1.54, 1.807) is 17.1 Å². The van der Waals surface area contributed by atoms with Crippen LogP contribution in [-0.4, -0.2) is 23.6 Å². The third-order valence-electron chi connectivity index (χ3n) is 4.15. The van der Waals surface area contributed by atoms with E-state index in [4.69, 9.17) is 9.47 Å². The van der Waals surface area contributed by atoms with Crippen LogP contribution in [0.1, 0.15) is 11.1 Å². The molecule has 0 spiro atoms. The van der Waals surface area contributed by atoms with Gasteiger partial charge >= 0.3 is 0 Å². The number of anilines is 1. The van der Waals surface area contributed by atoms with Gasteiger partial charge in [0, 0.05) is 5.75 Å². The molecule has 0 saturated carbocycles. The highest BCUT2D eigenvalue weighted by atomic mass is 32.2. The second-order valence-electron chi connectivity index (χ2n) is 6.11. The number of thioether (sulfide) groups is 1. The first-order valence-electron chi connectivity index (χ1n) is 8.50. The Kier molecular flexibility index (Phi) is 4.73. The molecule has 0 unspecified atom stereocenters. The minimum absolute atomic E-state index is 0.150. The predicted molar refractivity (Wildman–Crippen MR) is 109 cm³/mol. The minimum atomic E-state index is -0.150. The average molecular weight is 378 g/mol. The summed E-state index contributed by atoms with van der Waals surface area (Å²) in [6.07, 6.45) is 3.57. The van der Waals surface area contributed by atoms with E-state index in [1.165, 1.54) is 11.8 Å². The third-order valence-corrected chi connectivity index (χ3v) is 5.09. The number of benzene rings is 2. The van der Waals surface area contributed by atoms with E-state index in [0.29, 0.717) is 28.1 Å². The molecule has 2 heterocycles. The van der Waals surface area contributed by atoms with Crippen LogP contribution in [-0.2, 0) is 4.79 Å². The molecule has 5 nitrogen and oxygen atoms in total. The smallest absolute Gasteiger partial charge is 0.283 e. The number of aliphatic imine (C=N–C) groups is 1. The fourth-order valence-corrected chi connectivity index (χ4v) is 3.56. The van der Waals surface area contributed by atoms with Crippen molar-refractivity contribution in [3.63, 3.8) is 0 Å². The first kappa shape index (κ1) is 17.4. The Morgan fingerprint density at radius 3 is 2.74 bits per heavy atom. The summed E-state index contributed by atoms with van der Waals surface area (Å²) in [6.45, 7) is 5.98. The van der Waals surface area contributed by atoms with Crippen molar-refractivity contribution >= 4 is 34.6 Å². The summed E-state index contributed by atoms with van der Waals surface area (Å²) >= 11 is 1.48. The molecular weight excluding hydrogens is 360 g/mol. The van der Waals surface area contributed by atoms with Crippen LogP contribution in [0.3, 0.4) is 0 Å². The number of nitrogens with zero attached hydrogens (tertiary/aromatic N) is 2. The van der Waals surface area contributed by atoms with Gasteiger partial charge in [0.2, 0.25) is 6.79 Å². The maximum absolute atomic E-state index is 13.1. The van der Waals surface area contributed by atoms with E-state index in [2.05, 4.69) is 11.6 Å². The lowest BCUT2D eigenvalue weighted by Gasteiger charge is -2.17. The summed E-state index contributed by atoms with van der Waals surface area (Å²) in [7, 11) is 0. The third kappa shape index (κ3) is 3.48. The van der Waals surface area contributed by atoms with Crippen LogP contribution in [0.15, 0.2) is 65.8 Å². The number of carbonyl (C=O) groups excluding carboxylic acids is 1. The van der Waals surface area contributed by atoms with Gasteiger partial charge in [-0.1, -0.05) is 41.6 Å². The van der Waals surface area contributed by atoms with Gasteiger partial charge in [0.25, 0.3) is 5.91 Å². The van der Waals surface area contributed by atoms with E-state index in [1.807, 2.05) is 49.4 Å². The molecule has 0 fully saturated rings. The van der Waals surface area contributed by atoms with E-state index >= 15 is 0 Å². The van der Waals surface area contributed by atoms with E-state index < -0.39 is 0 Å².